The van der Waals surface area contributed by atoms with Crippen molar-refractivity contribution in [3.8, 4) is 5.75 Å². The number of rotatable bonds is 6. The summed E-state index contributed by atoms with van der Waals surface area (Å²) in [5.41, 5.74) is 3.37. The first kappa shape index (κ1) is 17.5. The van der Waals surface area contributed by atoms with Gasteiger partial charge in [-0.15, -0.1) is 0 Å². The molecule has 0 fully saturated rings. The Kier molecular flexibility index (Phi) is 5.95. The zero-order valence-corrected chi connectivity index (χ0v) is 14.1. The van der Waals surface area contributed by atoms with Crippen LogP contribution in [0.1, 0.15) is 28.4 Å². The third-order valence-electron chi connectivity index (χ3n) is 3.61. The number of esters is 1. The van der Waals surface area contributed by atoms with E-state index in [1.54, 1.807) is 31.2 Å². The molecule has 0 heterocycles. The number of anilines is 1. The Balaban J connectivity index is 2.06. The van der Waals surface area contributed by atoms with Gasteiger partial charge in [-0.2, -0.15) is 0 Å². The van der Waals surface area contributed by atoms with Crippen molar-refractivity contribution in [3.05, 3.63) is 59.2 Å². The minimum Gasteiger partial charge on any atom is -0.482 e. The summed E-state index contributed by atoms with van der Waals surface area (Å²) in [5.74, 6) is -0.232. The highest BCUT2D eigenvalue weighted by Gasteiger charge is 2.10. The van der Waals surface area contributed by atoms with Gasteiger partial charge in [0.2, 0.25) is 0 Å². The van der Waals surface area contributed by atoms with E-state index in [0.717, 1.165) is 16.8 Å². The van der Waals surface area contributed by atoms with Crippen molar-refractivity contribution in [2.24, 2.45) is 0 Å². The summed E-state index contributed by atoms with van der Waals surface area (Å²) in [6, 6.07) is 12.4. The molecule has 24 heavy (non-hydrogen) atoms. The molecule has 0 atom stereocenters. The molecule has 0 aliphatic rings. The van der Waals surface area contributed by atoms with Crippen LogP contribution in [0.2, 0.25) is 0 Å². The molecular formula is C19H21NO4. The van der Waals surface area contributed by atoms with Gasteiger partial charge in [0.15, 0.2) is 6.61 Å². The molecule has 0 saturated carbocycles. The molecule has 1 N–H and O–H groups in total. The SMILES string of the molecule is CCOC(=O)COc1cccc(C(=O)Nc2cccc(C)c2C)c1. The first-order chi connectivity index (χ1) is 11.5. The molecule has 0 aliphatic heterocycles. The summed E-state index contributed by atoms with van der Waals surface area (Å²) in [5, 5.41) is 2.89. The molecule has 0 saturated heterocycles. The number of amides is 1. The summed E-state index contributed by atoms with van der Waals surface area (Å²) < 4.78 is 10.2. The molecule has 0 spiro atoms. The van der Waals surface area contributed by atoms with Crippen LogP contribution in [0.25, 0.3) is 0 Å². The smallest absolute Gasteiger partial charge is 0.344 e. The highest BCUT2D eigenvalue weighted by atomic mass is 16.6. The molecule has 0 bridgehead atoms. The van der Waals surface area contributed by atoms with Crippen molar-refractivity contribution < 1.29 is 19.1 Å². The highest BCUT2D eigenvalue weighted by molar-refractivity contribution is 6.04. The molecule has 126 valence electrons. The Morgan fingerprint density at radius 3 is 2.58 bits per heavy atom. The van der Waals surface area contributed by atoms with Gasteiger partial charge in [0.05, 0.1) is 6.61 Å². The van der Waals surface area contributed by atoms with Crippen LogP contribution in [-0.2, 0) is 9.53 Å². The van der Waals surface area contributed by atoms with E-state index in [2.05, 4.69) is 5.32 Å². The normalized spacial score (nSPS) is 10.1. The number of hydrogen-bond donors (Lipinski definition) is 1. The van der Waals surface area contributed by atoms with Gasteiger partial charge in [0.25, 0.3) is 5.91 Å². The van der Waals surface area contributed by atoms with Crippen LogP contribution in [0, 0.1) is 13.8 Å². The van der Waals surface area contributed by atoms with E-state index in [1.165, 1.54) is 0 Å². The van der Waals surface area contributed by atoms with Crippen molar-refractivity contribution in [1.29, 1.82) is 0 Å². The average Bonchev–Trinajstić information content (AvgIpc) is 2.57. The van der Waals surface area contributed by atoms with Crippen molar-refractivity contribution in [2.45, 2.75) is 20.8 Å². The van der Waals surface area contributed by atoms with Gasteiger partial charge in [-0.25, -0.2) is 4.79 Å². The Morgan fingerprint density at radius 2 is 1.83 bits per heavy atom. The molecule has 0 aliphatic carbocycles. The summed E-state index contributed by atoms with van der Waals surface area (Å²) in [6.07, 6.45) is 0. The van der Waals surface area contributed by atoms with Crippen LogP contribution in [0.5, 0.6) is 5.75 Å². The van der Waals surface area contributed by atoms with E-state index < -0.39 is 5.97 Å². The van der Waals surface area contributed by atoms with Crippen molar-refractivity contribution in [1.82, 2.24) is 0 Å². The summed E-state index contributed by atoms with van der Waals surface area (Å²) in [7, 11) is 0. The number of carbonyl (C=O) groups is 2. The lowest BCUT2D eigenvalue weighted by Crippen LogP contribution is -2.15. The van der Waals surface area contributed by atoms with Crippen LogP contribution in [0.4, 0.5) is 5.69 Å². The van der Waals surface area contributed by atoms with Crippen LogP contribution in [0.3, 0.4) is 0 Å². The maximum atomic E-state index is 12.4. The van der Waals surface area contributed by atoms with Gasteiger partial charge < -0.3 is 14.8 Å². The topological polar surface area (TPSA) is 64.6 Å². The fraction of sp³-hybridized carbons (Fsp3) is 0.263. The van der Waals surface area contributed by atoms with Crippen molar-refractivity contribution in [2.75, 3.05) is 18.5 Å². The van der Waals surface area contributed by atoms with E-state index in [-0.39, 0.29) is 12.5 Å². The first-order valence-corrected chi connectivity index (χ1v) is 7.77. The van der Waals surface area contributed by atoms with E-state index in [1.807, 2.05) is 32.0 Å². The van der Waals surface area contributed by atoms with E-state index in [9.17, 15) is 9.59 Å². The maximum Gasteiger partial charge on any atom is 0.344 e. The molecule has 2 rings (SSSR count). The zero-order chi connectivity index (χ0) is 17.5. The Hall–Kier alpha value is -2.82. The van der Waals surface area contributed by atoms with E-state index >= 15 is 0 Å². The molecule has 2 aromatic carbocycles. The van der Waals surface area contributed by atoms with Crippen molar-refractivity contribution >= 4 is 17.6 Å². The van der Waals surface area contributed by atoms with Gasteiger partial charge >= 0.3 is 5.97 Å². The third kappa shape index (κ3) is 4.59. The second kappa shape index (κ2) is 8.15. The summed E-state index contributed by atoms with van der Waals surface area (Å²) in [6.45, 7) is 5.81. The third-order valence-corrected chi connectivity index (χ3v) is 3.61. The Morgan fingerprint density at radius 1 is 1.08 bits per heavy atom. The molecule has 5 nitrogen and oxygen atoms in total. The molecule has 0 radical (unpaired) electrons. The molecule has 0 aromatic heterocycles. The quantitative estimate of drug-likeness (QED) is 0.825. The Bertz CT molecular complexity index is 740. The van der Waals surface area contributed by atoms with E-state index in [0.29, 0.717) is 17.9 Å². The largest absolute Gasteiger partial charge is 0.482 e. The van der Waals surface area contributed by atoms with Gasteiger partial charge in [-0.3, -0.25) is 4.79 Å². The minimum atomic E-state index is -0.442. The molecule has 1 amide bonds. The second-order valence-electron chi connectivity index (χ2n) is 5.32. The van der Waals surface area contributed by atoms with Crippen LogP contribution < -0.4 is 10.1 Å². The van der Waals surface area contributed by atoms with Gasteiger partial charge in [0, 0.05) is 11.3 Å². The van der Waals surface area contributed by atoms with Crippen LogP contribution in [0.15, 0.2) is 42.5 Å². The maximum absolute atomic E-state index is 12.4. The number of aryl methyl sites for hydroxylation is 1. The molecular weight excluding hydrogens is 306 g/mol. The standard InChI is InChI=1S/C19H21NO4/c1-4-23-18(21)12-24-16-9-6-8-15(11-16)19(22)20-17-10-5-7-13(2)14(17)3/h5-11H,4,12H2,1-3H3,(H,20,22). The lowest BCUT2D eigenvalue weighted by atomic mass is 10.1. The van der Waals surface area contributed by atoms with Crippen LogP contribution in [-0.4, -0.2) is 25.1 Å². The fourth-order valence-corrected chi connectivity index (χ4v) is 2.15. The fourth-order valence-electron chi connectivity index (χ4n) is 2.15. The lowest BCUT2D eigenvalue weighted by molar-refractivity contribution is -0.145. The predicted molar refractivity (Wildman–Crippen MR) is 92.4 cm³/mol. The first-order valence-electron chi connectivity index (χ1n) is 7.77. The van der Waals surface area contributed by atoms with Gasteiger partial charge in [0.1, 0.15) is 5.75 Å². The zero-order valence-electron chi connectivity index (χ0n) is 14.1. The van der Waals surface area contributed by atoms with Gasteiger partial charge in [-0.05, 0) is 56.2 Å². The van der Waals surface area contributed by atoms with Gasteiger partial charge in [-0.1, -0.05) is 18.2 Å². The lowest BCUT2D eigenvalue weighted by Gasteiger charge is -2.11. The number of ether oxygens (including phenoxy) is 2. The molecule has 0 unspecified atom stereocenters. The van der Waals surface area contributed by atoms with Crippen molar-refractivity contribution in [3.63, 3.8) is 0 Å². The Labute approximate surface area is 141 Å². The predicted octanol–water partition coefficient (Wildman–Crippen LogP) is 3.50. The number of benzene rings is 2. The molecule has 2 aromatic rings. The minimum absolute atomic E-state index is 0.185. The van der Waals surface area contributed by atoms with E-state index in [4.69, 9.17) is 9.47 Å². The summed E-state index contributed by atoms with van der Waals surface area (Å²) >= 11 is 0. The number of carbonyl (C=O) groups excluding carboxylic acids is 2. The summed E-state index contributed by atoms with van der Waals surface area (Å²) in [4.78, 5) is 23.7. The highest BCUT2D eigenvalue weighted by Crippen LogP contribution is 2.20. The monoisotopic (exact) mass is 327 g/mol. The molecule has 5 heteroatoms. The number of hydrogen-bond acceptors (Lipinski definition) is 4. The second-order valence-corrected chi connectivity index (χ2v) is 5.32. The van der Waals surface area contributed by atoms with Crippen LogP contribution >= 0.6 is 0 Å². The average molecular weight is 327 g/mol. The number of nitrogens with one attached hydrogen (secondary N) is 1.